The van der Waals surface area contributed by atoms with Crippen LogP contribution < -0.4 is 9.47 Å². The van der Waals surface area contributed by atoms with Gasteiger partial charge in [-0.2, -0.15) is 9.61 Å². The van der Waals surface area contributed by atoms with Crippen LogP contribution in [-0.2, 0) is 0 Å². The molecule has 0 fully saturated rings. The number of carbonyl (C=O) groups excluding carboxylic acids is 1. The Labute approximate surface area is 171 Å². The summed E-state index contributed by atoms with van der Waals surface area (Å²) in [5.74, 6) is 1.67. The molecule has 0 radical (unpaired) electrons. The number of thioether (sulfide) groups is 1. The molecule has 7 nitrogen and oxygen atoms in total. The fraction of sp³-hybridized carbons (Fsp3) is 0.143. The van der Waals surface area contributed by atoms with E-state index in [0.717, 1.165) is 17.0 Å². The molecule has 0 aliphatic heterocycles. The molecular formula is C21H18N4O3S. The third kappa shape index (κ3) is 3.93. The van der Waals surface area contributed by atoms with Gasteiger partial charge in [0.05, 0.1) is 25.7 Å². The second-order valence-electron chi connectivity index (χ2n) is 6.11. The van der Waals surface area contributed by atoms with Crippen molar-refractivity contribution in [2.45, 2.75) is 5.16 Å². The van der Waals surface area contributed by atoms with E-state index in [0.29, 0.717) is 22.1 Å². The van der Waals surface area contributed by atoms with E-state index in [9.17, 15) is 4.79 Å². The minimum Gasteiger partial charge on any atom is -0.497 e. The molecular weight excluding hydrogens is 388 g/mol. The zero-order chi connectivity index (χ0) is 20.2. The highest BCUT2D eigenvalue weighted by molar-refractivity contribution is 7.99. The number of ketones is 1. The molecule has 0 spiro atoms. The highest BCUT2D eigenvalue weighted by atomic mass is 32.2. The van der Waals surface area contributed by atoms with Crippen LogP contribution >= 0.6 is 11.8 Å². The monoisotopic (exact) mass is 406 g/mol. The van der Waals surface area contributed by atoms with Gasteiger partial charge in [0.1, 0.15) is 11.5 Å². The van der Waals surface area contributed by atoms with Crippen molar-refractivity contribution in [3.63, 3.8) is 0 Å². The van der Waals surface area contributed by atoms with E-state index < -0.39 is 0 Å². The number of para-hydroxylation sites is 1. The van der Waals surface area contributed by atoms with E-state index in [1.807, 2.05) is 36.4 Å². The first-order chi connectivity index (χ1) is 14.2. The molecule has 2 aromatic carbocycles. The van der Waals surface area contributed by atoms with Crippen LogP contribution in [0.4, 0.5) is 0 Å². The Bertz CT molecular complexity index is 1160. The highest BCUT2D eigenvalue weighted by Gasteiger charge is 2.14. The molecule has 0 unspecified atom stereocenters. The van der Waals surface area contributed by atoms with Gasteiger partial charge in [-0.05, 0) is 48.5 Å². The van der Waals surface area contributed by atoms with Crippen molar-refractivity contribution in [2.75, 3.05) is 20.0 Å². The first-order valence-corrected chi connectivity index (χ1v) is 9.84. The quantitative estimate of drug-likeness (QED) is 0.341. The Balaban J connectivity index is 1.57. The molecule has 0 aliphatic rings. The fourth-order valence-corrected chi connectivity index (χ4v) is 3.63. The number of carbonyl (C=O) groups is 1. The fourth-order valence-electron chi connectivity index (χ4n) is 2.85. The summed E-state index contributed by atoms with van der Waals surface area (Å²) in [4.78, 5) is 12.5. The molecule has 0 amide bonds. The molecule has 0 aliphatic carbocycles. The molecule has 0 saturated heterocycles. The van der Waals surface area contributed by atoms with Gasteiger partial charge in [0.15, 0.2) is 11.4 Å². The van der Waals surface area contributed by atoms with E-state index >= 15 is 0 Å². The summed E-state index contributed by atoms with van der Waals surface area (Å²) < 4.78 is 12.2. The molecule has 4 aromatic rings. The predicted octanol–water partition coefficient (Wildman–Crippen LogP) is 3.78. The lowest BCUT2D eigenvalue weighted by Crippen LogP contribution is -2.04. The number of fused-ring (bicyclic) bond motifs is 1. The van der Waals surface area contributed by atoms with Gasteiger partial charge in [-0.15, -0.1) is 10.2 Å². The number of benzene rings is 2. The number of hydrogen-bond donors (Lipinski definition) is 0. The van der Waals surface area contributed by atoms with E-state index in [2.05, 4.69) is 15.3 Å². The Kier molecular flexibility index (Phi) is 5.44. The topological polar surface area (TPSA) is 78.6 Å². The van der Waals surface area contributed by atoms with Crippen LogP contribution in [0.5, 0.6) is 11.5 Å². The van der Waals surface area contributed by atoms with Crippen molar-refractivity contribution < 1.29 is 14.3 Å². The van der Waals surface area contributed by atoms with Crippen molar-refractivity contribution in [3.8, 4) is 22.8 Å². The number of ether oxygens (including phenoxy) is 2. The maximum absolute atomic E-state index is 12.5. The Hall–Kier alpha value is -3.39. The maximum atomic E-state index is 12.5. The number of methoxy groups -OCH3 is 2. The normalized spacial score (nSPS) is 10.8. The lowest BCUT2D eigenvalue weighted by Gasteiger charge is -2.08. The summed E-state index contributed by atoms with van der Waals surface area (Å²) in [6.07, 6.45) is 0. The molecule has 0 bridgehead atoms. The van der Waals surface area contributed by atoms with Gasteiger partial charge in [-0.25, -0.2) is 0 Å². The van der Waals surface area contributed by atoms with Crippen LogP contribution in [0.3, 0.4) is 0 Å². The van der Waals surface area contributed by atoms with Crippen LogP contribution in [0.1, 0.15) is 10.4 Å². The van der Waals surface area contributed by atoms with E-state index in [-0.39, 0.29) is 11.5 Å². The third-order valence-corrected chi connectivity index (χ3v) is 5.28. The maximum Gasteiger partial charge on any atom is 0.212 e. The van der Waals surface area contributed by atoms with E-state index in [4.69, 9.17) is 9.47 Å². The molecule has 0 atom stereocenters. The number of hydrogen-bond acceptors (Lipinski definition) is 7. The van der Waals surface area contributed by atoms with Gasteiger partial charge < -0.3 is 9.47 Å². The Morgan fingerprint density at radius 3 is 2.52 bits per heavy atom. The third-order valence-electron chi connectivity index (χ3n) is 4.36. The molecule has 2 aromatic heterocycles. The van der Waals surface area contributed by atoms with Crippen molar-refractivity contribution in [2.24, 2.45) is 0 Å². The van der Waals surface area contributed by atoms with Crippen LogP contribution in [0, 0.1) is 0 Å². The minimum absolute atomic E-state index is 0.00436. The van der Waals surface area contributed by atoms with Crippen molar-refractivity contribution in [1.82, 2.24) is 19.8 Å². The molecule has 0 saturated carbocycles. The molecule has 146 valence electrons. The number of aromatic nitrogens is 4. The minimum atomic E-state index is -0.00436. The van der Waals surface area contributed by atoms with Crippen molar-refractivity contribution >= 4 is 23.2 Å². The highest BCUT2D eigenvalue weighted by Crippen LogP contribution is 2.28. The van der Waals surface area contributed by atoms with E-state index in [1.54, 1.807) is 43.0 Å². The second kappa shape index (κ2) is 8.32. The van der Waals surface area contributed by atoms with Crippen molar-refractivity contribution in [3.05, 3.63) is 66.2 Å². The Morgan fingerprint density at radius 2 is 1.76 bits per heavy atom. The van der Waals surface area contributed by atoms with Crippen LogP contribution in [0.2, 0.25) is 0 Å². The molecule has 4 rings (SSSR count). The first kappa shape index (κ1) is 18.9. The van der Waals surface area contributed by atoms with Gasteiger partial charge in [-0.3, -0.25) is 4.79 Å². The van der Waals surface area contributed by atoms with Gasteiger partial charge >= 0.3 is 0 Å². The number of Topliss-reactive ketones (excluding diaryl/α,β-unsaturated/α-hetero) is 1. The van der Waals surface area contributed by atoms with Crippen molar-refractivity contribution in [1.29, 1.82) is 0 Å². The largest absolute Gasteiger partial charge is 0.497 e. The van der Waals surface area contributed by atoms with Crippen LogP contribution in [-0.4, -0.2) is 45.6 Å². The summed E-state index contributed by atoms with van der Waals surface area (Å²) in [5.41, 5.74) is 2.84. The molecule has 29 heavy (non-hydrogen) atoms. The van der Waals surface area contributed by atoms with Gasteiger partial charge in [-0.1, -0.05) is 23.9 Å². The lowest BCUT2D eigenvalue weighted by atomic mass is 10.1. The lowest BCUT2D eigenvalue weighted by molar-refractivity contribution is 0.102. The first-order valence-electron chi connectivity index (χ1n) is 8.85. The van der Waals surface area contributed by atoms with Crippen LogP contribution in [0.25, 0.3) is 16.9 Å². The average molecular weight is 406 g/mol. The molecule has 8 heteroatoms. The predicted molar refractivity (Wildman–Crippen MR) is 111 cm³/mol. The summed E-state index contributed by atoms with van der Waals surface area (Å²) in [6, 6.07) is 18.4. The zero-order valence-corrected chi connectivity index (χ0v) is 16.7. The number of nitrogens with zero attached hydrogens (tertiary/aromatic N) is 4. The zero-order valence-electron chi connectivity index (χ0n) is 15.9. The average Bonchev–Trinajstić information content (AvgIpc) is 3.19. The SMILES string of the molecule is COc1ccc(C(=O)CSc2nnc3ccc(-c4ccccc4OC)nn23)cc1. The van der Waals surface area contributed by atoms with Gasteiger partial charge in [0.2, 0.25) is 5.16 Å². The standard InChI is InChI=1S/C21H18N4O3S/c1-27-15-9-7-14(8-10-15)18(26)13-29-21-23-22-20-12-11-17(24-25(20)21)16-5-3-4-6-19(16)28-2/h3-12H,13H2,1-2H3. The van der Waals surface area contributed by atoms with E-state index in [1.165, 1.54) is 11.8 Å². The Morgan fingerprint density at radius 1 is 0.966 bits per heavy atom. The smallest absolute Gasteiger partial charge is 0.212 e. The summed E-state index contributed by atoms with van der Waals surface area (Å²) in [6.45, 7) is 0. The van der Waals surface area contributed by atoms with Gasteiger partial charge in [0.25, 0.3) is 0 Å². The summed E-state index contributed by atoms with van der Waals surface area (Å²) >= 11 is 1.30. The summed E-state index contributed by atoms with van der Waals surface area (Å²) in [5, 5.41) is 13.5. The summed E-state index contributed by atoms with van der Waals surface area (Å²) in [7, 11) is 3.22. The number of rotatable bonds is 7. The van der Waals surface area contributed by atoms with Gasteiger partial charge in [0, 0.05) is 11.1 Å². The van der Waals surface area contributed by atoms with Crippen LogP contribution in [0.15, 0.2) is 65.8 Å². The molecule has 0 N–H and O–H groups in total. The second-order valence-corrected chi connectivity index (χ2v) is 7.05. The molecule has 2 heterocycles.